The van der Waals surface area contributed by atoms with Gasteiger partial charge in [-0.15, -0.1) is 0 Å². The number of quaternary nitrogens is 1. The SMILES string of the molecule is CCOC(=O)c1ccc(OC[C@@H](O)C[NH+]2CCCC2)cc1. The van der Waals surface area contributed by atoms with E-state index in [-0.39, 0.29) is 12.6 Å². The van der Waals surface area contributed by atoms with E-state index in [9.17, 15) is 9.90 Å². The average Bonchev–Trinajstić information content (AvgIpc) is 2.99. The van der Waals surface area contributed by atoms with Crippen molar-refractivity contribution in [1.29, 1.82) is 0 Å². The van der Waals surface area contributed by atoms with E-state index in [1.807, 2.05) is 0 Å². The average molecular weight is 294 g/mol. The van der Waals surface area contributed by atoms with Gasteiger partial charge in [-0.25, -0.2) is 4.79 Å². The molecule has 0 spiro atoms. The number of hydrogen-bond donors (Lipinski definition) is 2. The van der Waals surface area contributed by atoms with Crippen LogP contribution in [0, 0.1) is 0 Å². The van der Waals surface area contributed by atoms with Crippen LogP contribution in [-0.4, -0.2) is 50.0 Å². The summed E-state index contributed by atoms with van der Waals surface area (Å²) in [6, 6.07) is 6.79. The van der Waals surface area contributed by atoms with Crippen molar-refractivity contribution in [3.8, 4) is 5.75 Å². The van der Waals surface area contributed by atoms with E-state index in [4.69, 9.17) is 9.47 Å². The summed E-state index contributed by atoms with van der Waals surface area (Å²) in [6.45, 7) is 5.45. The third kappa shape index (κ3) is 5.02. The Hall–Kier alpha value is -1.59. The summed E-state index contributed by atoms with van der Waals surface area (Å²) in [7, 11) is 0. The highest BCUT2D eigenvalue weighted by atomic mass is 16.5. The fourth-order valence-electron chi connectivity index (χ4n) is 2.57. The molecule has 2 N–H and O–H groups in total. The highest BCUT2D eigenvalue weighted by molar-refractivity contribution is 5.89. The Labute approximate surface area is 125 Å². The maximum absolute atomic E-state index is 11.5. The topological polar surface area (TPSA) is 60.2 Å². The van der Waals surface area contributed by atoms with Gasteiger partial charge in [-0.1, -0.05) is 0 Å². The molecule has 5 nitrogen and oxygen atoms in total. The molecule has 0 radical (unpaired) electrons. The molecule has 1 saturated heterocycles. The van der Waals surface area contributed by atoms with E-state index in [0.29, 0.717) is 17.9 Å². The monoisotopic (exact) mass is 294 g/mol. The van der Waals surface area contributed by atoms with Crippen molar-refractivity contribution in [1.82, 2.24) is 0 Å². The molecular weight excluding hydrogens is 270 g/mol. The number of aliphatic hydroxyl groups excluding tert-OH is 1. The Morgan fingerprint density at radius 1 is 1.29 bits per heavy atom. The predicted molar refractivity (Wildman–Crippen MR) is 78.7 cm³/mol. The van der Waals surface area contributed by atoms with Gasteiger partial charge in [0.25, 0.3) is 0 Å². The second-order valence-corrected chi connectivity index (χ2v) is 5.37. The molecule has 116 valence electrons. The van der Waals surface area contributed by atoms with Gasteiger partial charge in [0, 0.05) is 12.8 Å². The van der Waals surface area contributed by atoms with E-state index in [1.165, 1.54) is 17.7 Å². The van der Waals surface area contributed by atoms with Crippen LogP contribution in [0.5, 0.6) is 5.75 Å². The first-order valence-corrected chi connectivity index (χ1v) is 7.60. The Balaban J connectivity index is 1.76. The number of carbonyl (C=O) groups excluding carboxylic acids is 1. The van der Waals surface area contributed by atoms with Crippen LogP contribution in [0.2, 0.25) is 0 Å². The van der Waals surface area contributed by atoms with Gasteiger partial charge in [-0.3, -0.25) is 0 Å². The first-order valence-electron chi connectivity index (χ1n) is 7.60. The normalized spacial score (nSPS) is 16.7. The standard InChI is InChI=1S/C16H23NO4/c1-2-20-16(19)13-5-7-15(8-6-13)21-12-14(18)11-17-9-3-4-10-17/h5-8,14,18H,2-4,9-12H2,1H3/p+1/t14-/m0/s1. The van der Waals surface area contributed by atoms with Crippen molar-refractivity contribution in [2.75, 3.05) is 32.8 Å². The number of ether oxygens (including phenoxy) is 2. The smallest absolute Gasteiger partial charge is 0.338 e. The predicted octanol–water partition coefficient (Wildman–Crippen LogP) is 0.282. The minimum atomic E-state index is -0.456. The number of nitrogens with one attached hydrogen (secondary N) is 1. The Kier molecular flexibility index (Phi) is 6.02. The summed E-state index contributed by atoms with van der Waals surface area (Å²) in [6.07, 6.45) is 2.04. The molecule has 0 saturated carbocycles. The van der Waals surface area contributed by atoms with Crippen LogP contribution in [0.15, 0.2) is 24.3 Å². The van der Waals surface area contributed by atoms with E-state index in [2.05, 4.69) is 0 Å². The molecule has 0 amide bonds. The molecule has 2 rings (SSSR count). The van der Waals surface area contributed by atoms with Gasteiger partial charge in [-0.2, -0.15) is 0 Å². The molecule has 1 aliphatic rings. The lowest BCUT2D eigenvalue weighted by Crippen LogP contribution is -3.11. The molecular formula is C16H24NO4+. The van der Waals surface area contributed by atoms with Gasteiger partial charge < -0.3 is 19.5 Å². The Bertz CT molecular complexity index is 440. The lowest BCUT2D eigenvalue weighted by Gasteiger charge is -2.17. The molecule has 1 fully saturated rings. The van der Waals surface area contributed by atoms with Crippen LogP contribution in [0.3, 0.4) is 0 Å². The molecule has 1 heterocycles. The van der Waals surface area contributed by atoms with Crippen molar-refractivity contribution in [2.24, 2.45) is 0 Å². The molecule has 1 aliphatic heterocycles. The fourth-order valence-corrected chi connectivity index (χ4v) is 2.57. The van der Waals surface area contributed by atoms with Gasteiger partial charge in [-0.05, 0) is 31.2 Å². The van der Waals surface area contributed by atoms with Crippen LogP contribution in [0.4, 0.5) is 0 Å². The number of carbonyl (C=O) groups is 1. The second kappa shape index (κ2) is 8.00. The van der Waals surface area contributed by atoms with Crippen LogP contribution in [0.1, 0.15) is 30.1 Å². The van der Waals surface area contributed by atoms with Crippen molar-refractivity contribution in [2.45, 2.75) is 25.9 Å². The van der Waals surface area contributed by atoms with Crippen molar-refractivity contribution < 1.29 is 24.3 Å². The first kappa shape index (κ1) is 15.8. The third-order valence-corrected chi connectivity index (χ3v) is 3.64. The Morgan fingerprint density at radius 3 is 2.57 bits per heavy atom. The highest BCUT2D eigenvalue weighted by Gasteiger charge is 2.19. The quantitative estimate of drug-likeness (QED) is 0.709. The van der Waals surface area contributed by atoms with Crippen molar-refractivity contribution in [3.63, 3.8) is 0 Å². The van der Waals surface area contributed by atoms with Crippen LogP contribution < -0.4 is 9.64 Å². The number of hydrogen-bond acceptors (Lipinski definition) is 4. The van der Waals surface area contributed by atoms with Crippen LogP contribution >= 0.6 is 0 Å². The Morgan fingerprint density at radius 2 is 1.95 bits per heavy atom. The van der Waals surface area contributed by atoms with Crippen LogP contribution in [0.25, 0.3) is 0 Å². The number of esters is 1. The third-order valence-electron chi connectivity index (χ3n) is 3.64. The van der Waals surface area contributed by atoms with Gasteiger partial charge >= 0.3 is 5.97 Å². The molecule has 1 aromatic rings. The fraction of sp³-hybridized carbons (Fsp3) is 0.562. The zero-order chi connectivity index (χ0) is 15.1. The van der Waals surface area contributed by atoms with Crippen molar-refractivity contribution in [3.05, 3.63) is 29.8 Å². The second-order valence-electron chi connectivity index (χ2n) is 5.37. The molecule has 1 atom stereocenters. The summed E-state index contributed by atoms with van der Waals surface area (Å²) >= 11 is 0. The summed E-state index contributed by atoms with van der Waals surface area (Å²) in [4.78, 5) is 13.0. The lowest BCUT2D eigenvalue weighted by molar-refractivity contribution is -0.890. The number of aliphatic hydroxyl groups is 1. The summed E-state index contributed by atoms with van der Waals surface area (Å²) in [5, 5.41) is 9.96. The van der Waals surface area contributed by atoms with E-state index in [1.54, 1.807) is 31.2 Å². The zero-order valence-electron chi connectivity index (χ0n) is 12.5. The number of benzene rings is 1. The zero-order valence-corrected chi connectivity index (χ0v) is 12.5. The van der Waals surface area contributed by atoms with Gasteiger partial charge in [0.2, 0.25) is 0 Å². The maximum atomic E-state index is 11.5. The minimum absolute atomic E-state index is 0.280. The number of likely N-dealkylation sites (tertiary alicyclic amines) is 1. The van der Waals surface area contributed by atoms with E-state index < -0.39 is 6.10 Å². The van der Waals surface area contributed by atoms with Gasteiger partial charge in [0.15, 0.2) is 0 Å². The van der Waals surface area contributed by atoms with E-state index >= 15 is 0 Å². The molecule has 1 aromatic carbocycles. The lowest BCUT2D eigenvalue weighted by atomic mass is 10.2. The maximum Gasteiger partial charge on any atom is 0.338 e. The molecule has 21 heavy (non-hydrogen) atoms. The summed E-state index contributed by atoms with van der Waals surface area (Å²) < 4.78 is 10.5. The number of rotatable bonds is 7. The minimum Gasteiger partial charge on any atom is -0.491 e. The highest BCUT2D eigenvalue weighted by Crippen LogP contribution is 2.13. The largest absolute Gasteiger partial charge is 0.491 e. The molecule has 0 unspecified atom stereocenters. The molecule has 0 aliphatic carbocycles. The van der Waals surface area contributed by atoms with Gasteiger partial charge in [0.05, 0.1) is 25.3 Å². The molecule has 0 bridgehead atoms. The van der Waals surface area contributed by atoms with Crippen LogP contribution in [-0.2, 0) is 4.74 Å². The van der Waals surface area contributed by atoms with Gasteiger partial charge in [0.1, 0.15) is 25.0 Å². The van der Waals surface area contributed by atoms with E-state index in [0.717, 1.165) is 19.6 Å². The summed E-state index contributed by atoms with van der Waals surface area (Å²) in [5.41, 5.74) is 0.506. The van der Waals surface area contributed by atoms with Crippen molar-refractivity contribution >= 4 is 5.97 Å². The molecule has 0 aromatic heterocycles. The summed E-state index contributed by atoms with van der Waals surface area (Å²) in [5.74, 6) is 0.320. The first-order chi connectivity index (χ1) is 10.2. The molecule has 5 heteroatoms.